The van der Waals surface area contributed by atoms with Crippen LogP contribution in [-0.4, -0.2) is 0 Å². The molecule has 0 bridgehead atoms. The zero-order chi connectivity index (χ0) is 38.9. The van der Waals surface area contributed by atoms with Crippen LogP contribution < -0.4 is 4.90 Å². The molecule has 0 amide bonds. The maximum atomic E-state index is 6.58. The molecule has 2 aromatic heterocycles. The Kier molecular flexibility index (Phi) is 7.75. The Hall–Kier alpha value is -7.46. The van der Waals surface area contributed by atoms with E-state index in [1.165, 1.54) is 75.1 Å². The topological polar surface area (TPSA) is 16.4 Å². The number of fused-ring (bicyclic) bond motifs is 9. The lowest BCUT2D eigenvalue weighted by molar-refractivity contribution is 0.673. The van der Waals surface area contributed by atoms with Crippen LogP contribution in [0.2, 0.25) is 0 Å². The number of para-hydroxylation sites is 1. The number of benzene rings is 10. The molecule has 0 unspecified atom stereocenters. The number of hydrogen-bond acceptors (Lipinski definition) is 3. The van der Waals surface area contributed by atoms with E-state index < -0.39 is 0 Å². The van der Waals surface area contributed by atoms with Crippen LogP contribution >= 0.6 is 11.3 Å². The zero-order valence-corrected chi connectivity index (χ0v) is 32.8. The first kappa shape index (κ1) is 33.7. The monoisotopic (exact) mass is 769 g/mol. The van der Waals surface area contributed by atoms with E-state index in [1.807, 2.05) is 17.4 Å². The van der Waals surface area contributed by atoms with Crippen molar-refractivity contribution in [3.05, 3.63) is 212 Å². The highest BCUT2D eigenvalue weighted by molar-refractivity contribution is 7.26. The van der Waals surface area contributed by atoms with Crippen LogP contribution in [0, 0.1) is 0 Å². The van der Waals surface area contributed by atoms with Gasteiger partial charge < -0.3 is 9.32 Å². The summed E-state index contributed by atoms with van der Waals surface area (Å²) in [6.45, 7) is 0. The molecule has 3 heteroatoms. The first-order chi connectivity index (χ1) is 29.2. The van der Waals surface area contributed by atoms with Gasteiger partial charge in [0.25, 0.3) is 0 Å². The van der Waals surface area contributed by atoms with Crippen LogP contribution in [0.5, 0.6) is 0 Å². The molecular weight excluding hydrogens is 735 g/mol. The molecule has 0 aliphatic rings. The van der Waals surface area contributed by atoms with Gasteiger partial charge >= 0.3 is 0 Å². The number of nitrogens with zero attached hydrogens (tertiary/aromatic N) is 1. The van der Waals surface area contributed by atoms with E-state index >= 15 is 0 Å². The minimum absolute atomic E-state index is 0.926. The summed E-state index contributed by atoms with van der Waals surface area (Å²) in [6, 6.07) is 76.9. The Balaban J connectivity index is 0.966. The molecule has 0 saturated carbocycles. The Morgan fingerprint density at radius 3 is 1.80 bits per heavy atom. The van der Waals surface area contributed by atoms with Gasteiger partial charge in [0.1, 0.15) is 11.2 Å². The molecule has 0 aliphatic carbocycles. The third kappa shape index (κ3) is 5.62. The molecule has 0 atom stereocenters. The minimum atomic E-state index is 0.926. The summed E-state index contributed by atoms with van der Waals surface area (Å²) in [6.07, 6.45) is 0. The lowest BCUT2D eigenvalue weighted by Gasteiger charge is -2.26. The van der Waals surface area contributed by atoms with E-state index in [0.717, 1.165) is 39.0 Å². The van der Waals surface area contributed by atoms with Crippen LogP contribution in [0.15, 0.2) is 217 Å². The molecule has 2 heterocycles. The summed E-state index contributed by atoms with van der Waals surface area (Å²) in [5.74, 6) is 0. The second kappa shape index (κ2) is 13.6. The summed E-state index contributed by atoms with van der Waals surface area (Å²) in [7, 11) is 0. The number of furan rings is 1. The van der Waals surface area contributed by atoms with Gasteiger partial charge in [0, 0.05) is 48.0 Å². The van der Waals surface area contributed by atoms with E-state index in [0.29, 0.717) is 0 Å². The molecule has 276 valence electrons. The smallest absolute Gasteiger partial charge is 0.144 e. The fraction of sp³-hybridized carbons (Fsp3) is 0. The maximum absolute atomic E-state index is 6.58. The van der Waals surface area contributed by atoms with Crippen LogP contribution in [0.1, 0.15) is 0 Å². The summed E-state index contributed by atoms with van der Waals surface area (Å²) in [4.78, 5) is 2.37. The molecule has 0 saturated heterocycles. The van der Waals surface area contributed by atoms with Gasteiger partial charge in [-0.1, -0.05) is 146 Å². The number of rotatable bonds is 6. The predicted molar refractivity (Wildman–Crippen MR) is 253 cm³/mol. The summed E-state index contributed by atoms with van der Waals surface area (Å²) >= 11 is 1.83. The second-order valence-electron chi connectivity index (χ2n) is 15.3. The highest BCUT2D eigenvalue weighted by Gasteiger charge is 2.19. The molecule has 10 aromatic carbocycles. The van der Waals surface area contributed by atoms with E-state index in [4.69, 9.17) is 4.42 Å². The van der Waals surface area contributed by atoms with Crippen molar-refractivity contribution in [3.63, 3.8) is 0 Å². The van der Waals surface area contributed by atoms with Crippen molar-refractivity contribution in [2.24, 2.45) is 0 Å². The maximum Gasteiger partial charge on any atom is 0.144 e. The highest BCUT2D eigenvalue weighted by atomic mass is 32.1. The molecule has 12 aromatic rings. The number of hydrogen-bond donors (Lipinski definition) is 0. The molecule has 0 aliphatic heterocycles. The van der Waals surface area contributed by atoms with Gasteiger partial charge in [0.15, 0.2) is 0 Å². The minimum Gasteiger partial charge on any atom is -0.455 e. The van der Waals surface area contributed by atoms with Crippen molar-refractivity contribution in [1.29, 1.82) is 0 Å². The van der Waals surface area contributed by atoms with Crippen molar-refractivity contribution < 1.29 is 4.42 Å². The largest absolute Gasteiger partial charge is 0.455 e. The van der Waals surface area contributed by atoms with Crippen LogP contribution in [-0.2, 0) is 0 Å². The zero-order valence-electron chi connectivity index (χ0n) is 32.0. The van der Waals surface area contributed by atoms with Crippen molar-refractivity contribution in [1.82, 2.24) is 0 Å². The summed E-state index contributed by atoms with van der Waals surface area (Å²) in [5.41, 5.74) is 12.5. The average Bonchev–Trinajstić information content (AvgIpc) is 3.88. The van der Waals surface area contributed by atoms with Crippen LogP contribution in [0.3, 0.4) is 0 Å². The van der Waals surface area contributed by atoms with Crippen molar-refractivity contribution in [2.45, 2.75) is 0 Å². The quantitative estimate of drug-likeness (QED) is 0.167. The molecule has 0 N–H and O–H groups in total. The second-order valence-corrected chi connectivity index (χ2v) is 16.3. The van der Waals surface area contributed by atoms with Gasteiger partial charge in [-0.3, -0.25) is 0 Å². The Bertz CT molecular complexity index is 3540. The third-order valence-electron chi connectivity index (χ3n) is 11.9. The summed E-state index contributed by atoms with van der Waals surface area (Å²) < 4.78 is 9.09. The summed E-state index contributed by atoms with van der Waals surface area (Å²) in [5, 5.41) is 9.67. The molecular formula is C56H35NOS. The molecule has 0 fully saturated rings. The average molecular weight is 770 g/mol. The van der Waals surface area contributed by atoms with E-state index in [9.17, 15) is 0 Å². The van der Waals surface area contributed by atoms with Gasteiger partial charge in [-0.15, -0.1) is 11.3 Å². The normalized spacial score (nSPS) is 11.7. The van der Waals surface area contributed by atoms with Crippen molar-refractivity contribution in [2.75, 3.05) is 4.90 Å². The Morgan fingerprint density at radius 1 is 0.339 bits per heavy atom. The Morgan fingerprint density at radius 2 is 0.949 bits per heavy atom. The molecule has 59 heavy (non-hydrogen) atoms. The molecule has 0 radical (unpaired) electrons. The Labute approximate surface area is 345 Å². The van der Waals surface area contributed by atoms with Gasteiger partial charge in [-0.05, 0) is 122 Å². The fourth-order valence-corrected chi connectivity index (χ4v) is 10.1. The van der Waals surface area contributed by atoms with Gasteiger partial charge in [0.05, 0.1) is 0 Å². The molecule has 2 nitrogen and oxygen atoms in total. The lowest BCUT2D eigenvalue weighted by atomic mass is 9.96. The lowest BCUT2D eigenvalue weighted by Crippen LogP contribution is -2.09. The first-order valence-corrected chi connectivity index (χ1v) is 20.9. The third-order valence-corrected chi connectivity index (χ3v) is 13.0. The number of thiophene rings is 1. The van der Waals surface area contributed by atoms with Gasteiger partial charge in [-0.25, -0.2) is 0 Å². The fourth-order valence-electron chi connectivity index (χ4n) is 9.01. The van der Waals surface area contributed by atoms with E-state index in [-0.39, 0.29) is 0 Å². The van der Waals surface area contributed by atoms with E-state index in [1.54, 1.807) is 0 Å². The standard InChI is InChI=1S/C56H35NOS/c1-2-10-36(11-3-1)37-22-27-43(28-23-37)57(44-29-24-39(25-30-44)47-16-8-13-38-12-4-5-14-46(38)47)45-31-26-40-34-42(21-20-41(40)35-45)48-17-9-19-52-54(48)55-53(59-52)33-32-50-49-15-6-7-18-51(49)58-56(50)55/h1-35H. The van der Waals surface area contributed by atoms with Crippen LogP contribution in [0.25, 0.3) is 97.0 Å². The molecule has 0 spiro atoms. The predicted octanol–water partition coefficient (Wildman–Crippen LogP) is 16.7. The van der Waals surface area contributed by atoms with Crippen LogP contribution in [0.4, 0.5) is 17.1 Å². The number of anilines is 3. The first-order valence-electron chi connectivity index (χ1n) is 20.1. The van der Waals surface area contributed by atoms with E-state index in [2.05, 4.69) is 211 Å². The highest BCUT2D eigenvalue weighted by Crippen LogP contribution is 2.46. The van der Waals surface area contributed by atoms with Gasteiger partial charge in [-0.2, -0.15) is 0 Å². The van der Waals surface area contributed by atoms with Crippen molar-refractivity contribution in [3.8, 4) is 33.4 Å². The van der Waals surface area contributed by atoms with Crippen molar-refractivity contribution >= 4 is 92.1 Å². The van der Waals surface area contributed by atoms with Gasteiger partial charge in [0.2, 0.25) is 0 Å². The molecule has 12 rings (SSSR count). The SMILES string of the molecule is c1ccc(-c2ccc(N(c3ccc(-c4cccc5ccccc45)cc3)c3ccc4cc(-c5cccc6sc7ccc8c9ccccc9oc8c7c56)ccc4c3)cc2)cc1.